The highest BCUT2D eigenvalue weighted by atomic mass is 16.3. The quantitative estimate of drug-likeness (QED) is 0.192. The van der Waals surface area contributed by atoms with Crippen molar-refractivity contribution in [3.8, 4) is 11.5 Å². The van der Waals surface area contributed by atoms with Crippen molar-refractivity contribution in [2.45, 2.75) is 130 Å². The lowest BCUT2D eigenvalue weighted by Crippen LogP contribution is -2.43. The molecule has 4 rings (SSSR count). The Hall–Kier alpha value is -4.18. The van der Waals surface area contributed by atoms with Gasteiger partial charge in [0, 0.05) is 34.7 Å². The van der Waals surface area contributed by atoms with E-state index in [9.17, 15) is 10.2 Å². The number of benzene rings is 4. The van der Waals surface area contributed by atoms with Gasteiger partial charge in [0.15, 0.2) is 0 Å². The topological polar surface area (TPSA) is 65.2 Å². The van der Waals surface area contributed by atoms with Crippen molar-refractivity contribution in [2.75, 3.05) is 0 Å². The summed E-state index contributed by atoms with van der Waals surface area (Å²) in [7, 11) is 0. The molecule has 4 heteroatoms. The van der Waals surface area contributed by atoms with E-state index in [-0.39, 0.29) is 33.2 Å². The second kappa shape index (κ2) is 13.5. The first-order valence-electron chi connectivity index (χ1n) is 17.9. The van der Waals surface area contributed by atoms with Gasteiger partial charge in [0.2, 0.25) is 0 Å². The van der Waals surface area contributed by atoms with Gasteiger partial charge in [-0.15, -0.1) is 0 Å². The summed E-state index contributed by atoms with van der Waals surface area (Å²) in [4.78, 5) is 10.9. The third kappa shape index (κ3) is 7.90. The molecule has 0 saturated carbocycles. The highest BCUT2D eigenvalue weighted by Gasteiger charge is 2.47. The van der Waals surface area contributed by atoms with Gasteiger partial charge in [0.05, 0.1) is 0 Å². The van der Waals surface area contributed by atoms with Crippen LogP contribution in [0.2, 0.25) is 0 Å². The number of rotatable bonds is 7. The number of aromatic hydroxyl groups is 2. The summed E-state index contributed by atoms with van der Waals surface area (Å²) in [6, 6.07) is 28.9. The summed E-state index contributed by atoms with van der Waals surface area (Å²) in [6.45, 7) is 30.1. The normalized spacial score (nSPS) is 15.7. The maximum atomic E-state index is 11.7. The van der Waals surface area contributed by atoms with Gasteiger partial charge >= 0.3 is 0 Å². The molecule has 0 aliphatic heterocycles. The Morgan fingerprint density at radius 3 is 0.960 bits per heavy atom. The van der Waals surface area contributed by atoms with Crippen LogP contribution in [0.25, 0.3) is 0 Å². The lowest BCUT2D eigenvalue weighted by Gasteiger charge is -2.42. The summed E-state index contributed by atoms with van der Waals surface area (Å²) >= 11 is 0. The van der Waals surface area contributed by atoms with Crippen LogP contribution in [0.3, 0.4) is 0 Å². The molecular weight excluding hydrogens is 613 g/mol. The number of hydrogen-bond acceptors (Lipinski definition) is 4. The third-order valence-corrected chi connectivity index (χ3v) is 10.2. The molecule has 0 fully saturated rings. The first kappa shape index (κ1) is 38.6. The van der Waals surface area contributed by atoms with Crippen LogP contribution in [0.4, 0.5) is 0 Å². The van der Waals surface area contributed by atoms with Crippen LogP contribution in [0, 0.1) is 0 Å². The van der Waals surface area contributed by atoms with E-state index in [0.717, 1.165) is 33.4 Å². The third-order valence-electron chi connectivity index (χ3n) is 10.2. The van der Waals surface area contributed by atoms with E-state index in [2.05, 4.69) is 145 Å². The summed E-state index contributed by atoms with van der Waals surface area (Å²) in [5.41, 5.74) is 4.68. The molecule has 0 spiro atoms. The molecule has 2 atom stereocenters. The smallest absolute Gasteiger partial charge is 0.128 e. The average Bonchev–Trinajstić information content (AvgIpc) is 3.02. The first-order chi connectivity index (χ1) is 22.9. The first-order valence-corrected chi connectivity index (χ1v) is 17.9. The zero-order chi connectivity index (χ0) is 37.5. The van der Waals surface area contributed by atoms with Crippen molar-refractivity contribution in [2.24, 2.45) is 9.98 Å². The van der Waals surface area contributed by atoms with E-state index in [1.165, 1.54) is 0 Å². The molecule has 0 aromatic heterocycles. The molecule has 0 aliphatic carbocycles. The maximum Gasteiger partial charge on any atom is 0.128 e. The van der Waals surface area contributed by atoms with Crippen LogP contribution in [0.15, 0.2) is 94.9 Å². The summed E-state index contributed by atoms with van der Waals surface area (Å²) in [5, 5.41) is 23.4. The molecule has 0 radical (unpaired) electrons. The maximum absolute atomic E-state index is 11.7. The van der Waals surface area contributed by atoms with Crippen LogP contribution >= 0.6 is 0 Å². The van der Waals surface area contributed by atoms with Crippen LogP contribution in [-0.4, -0.2) is 22.6 Å². The minimum atomic E-state index is -0.942. The van der Waals surface area contributed by atoms with E-state index in [1.54, 1.807) is 0 Å². The number of aliphatic imine (C=N–C) groups is 2. The van der Waals surface area contributed by atoms with Crippen molar-refractivity contribution in [1.82, 2.24) is 0 Å². The Bertz CT molecular complexity index is 1720. The van der Waals surface area contributed by atoms with Gasteiger partial charge in [-0.1, -0.05) is 156 Å². The Labute approximate surface area is 302 Å². The monoisotopic (exact) mass is 672 g/mol. The van der Waals surface area contributed by atoms with Crippen LogP contribution in [0.5, 0.6) is 11.5 Å². The molecule has 50 heavy (non-hydrogen) atoms. The fourth-order valence-electron chi connectivity index (χ4n) is 6.41. The summed E-state index contributed by atoms with van der Waals surface area (Å²) in [6.07, 6.45) is 3.66. The summed E-state index contributed by atoms with van der Waals surface area (Å²) in [5.74, 6) is 0.487. The van der Waals surface area contributed by atoms with Crippen molar-refractivity contribution in [3.63, 3.8) is 0 Å². The Balaban J connectivity index is 2.05. The Morgan fingerprint density at radius 1 is 0.400 bits per heavy atom. The van der Waals surface area contributed by atoms with Gasteiger partial charge in [-0.05, 0) is 69.9 Å². The predicted molar refractivity (Wildman–Crippen MR) is 214 cm³/mol. The van der Waals surface area contributed by atoms with E-state index < -0.39 is 11.1 Å². The van der Waals surface area contributed by atoms with Gasteiger partial charge in [0.1, 0.15) is 22.6 Å². The molecule has 0 heterocycles. The Morgan fingerprint density at radius 2 is 0.700 bits per heavy atom. The number of nitrogens with zero attached hydrogens (tertiary/aromatic N) is 2. The molecule has 4 aromatic rings. The molecule has 0 amide bonds. The van der Waals surface area contributed by atoms with Gasteiger partial charge in [0.25, 0.3) is 0 Å². The lowest BCUT2D eigenvalue weighted by molar-refractivity contribution is 0.276. The van der Waals surface area contributed by atoms with Crippen LogP contribution in [-0.2, 0) is 32.7 Å². The van der Waals surface area contributed by atoms with E-state index >= 15 is 0 Å². The molecule has 4 aromatic carbocycles. The number of phenols is 2. The van der Waals surface area contributed by atoms with E-state index in [4.69, 9.17) is 9.98 Å². The Kier molecular flexibility index (Phi) is 10.4. The SMILES string of the molecule is CC(C)(C)c1cc(C=N[C@@](C)(c2ccccc2)[C@@](C)(N=Cc2cc(C(C)(C)C)cc(C(C)(C)C)c2O)c2ccccc2)c(O)c(C(C)(C)C)c1. The molecular formula is C46H60N2O2. The van der Waals surface area contributed by atoms with Crippen molar-refractivity contribution in [3.05, 3.63) is 129 Å². The molecule has 266 valence electrons. The summed E-state index contributed by atoms with van der Waals surface area (Å²) < 4.78 is 0. The van der Waals surface area contributed by atoms with Crippen molar-refractivity contribution < 1.29 is 10.2 Å². The molecule has 2 N–H and O–H groups in total. The highest BCUT2D eigenvalue weighted by molar-refractivity contribution is 5.87. The second-order valence-corrected chi connectivity index (χ2v) is 18.3. The van der Waals surface area contributed by atoms with Crippen molar-refractivity contribution in [1.29, 1.82) is 0 Å². The average molecular weight is 673 g/mol. The zero-order valence-electron chi connectivity index (χ0n) is 33.0. The zero-order valence-corrected chi connectivity index (χ0v) is 33.0. The minimum absolute atomic E-state index is 0.128. The predicted octanol–water partition coefficient (Wildman–Crippen LogP) is 11.7. The van der Waals surface area contributed by atoms with Gasteiger partial charge in [-0.25, -0.2) is 0 Å². The minimum Gasteiger partial charge on any atom is -0.507 e. The van der Waals surface area contributed by atoms with Gasteiger partial charge in [-0.2, -0.15) is 0 Å². The molecule has 0 aliphatic rings. The largest absolute Gasteiger partial charge is 0.507 e. The van der Waals surface area contributed by atoms with E-state index in [0.29, 0.717) is 11.1 Å². The highest BCUT2D eigenvalue weighted by Crippen LogP contribution is 2.48. The number of hydrogen-bond donors (Lipinski definition) is 2. The van der Waals surface area contributed by atoms with E-state index in [1.807, 2.05) is 48.8 Å². The van der Waals surface area contributed by atoms with Crippen LogP contribution < -0.4 is 0 Å². The molecule has 0 unspecified atom stereocenters. The number of phenolic OH excluding ortho intramolecular Hbond substituents is 2. The standard InChI is InChI=1S/C46H60N2O2/c1-41(2,3)35-25-31(39(49)37(27-35)43(7,8)9)29-47-45(13,33-21-17-15-18-22-33)46(14,34-23-19-16-20-24-34)48-30-32-26-36(42(4,5)6)28-38(40(32)50)44(10,11)12/h15-30,49-50H,1-14H3/t45-,46-/m0/s1. The van der Waals surface area contributed by atoms with Crippen molar-refractivity contribution >= 4 is 12.4 Å². The fraction of sp³-hybridized carbons (Fsp3) is 0.435. The fourth-order valence-corrected chi connectivity index (χ4v) is 6.41. The van der Waals surface area contributed by atoms with Crippen LogP contribution in [0.1, 0.15) is 141 Å². The molecule has 0 saturated heterocycles. The second-order valence-electron chi connectivity index (χ2n) is 18.3. The van der Waals surface area contributed by atoms with Gasteiger partial charge < -0.3 is 10.2 Å². The molecule has 4 nitrogen and oxygen atoms in total. The van der Waals surface area contributed by atoms with Gasteiger partial charge in [-0.3, -0.25) is 9.98 Å². The molecule has 0 bridgehead atoms. The lowest BCUT2D eigenvalue weighted by atomic mass is 9.71.